The van der Waals surface area contributed by atoms with Crippen molar-refractivity contribution in [3.8, 4) is 5.75 Å². The average Bonchev–Trinajstić information content (AvgIpc) is 2.41. The number of methoxy groups -OCH3 is 1. The number of hydrogen-bond acceptors (Lipinski definition) is 3. The van der Waals surface area contributed by atoms with Crippen LogP contribution in [-0.4, -0.2) is 11.3 Å². The molecular weight excluding hydrogens is 270 g/mol. The Morgan fingerprint density at radius 3 is 2.45 bits per heavy atom. The van der Waals surface area contributed by atoms with Gasteiger partial charge in [-0.15, -0.1) is 0 Å². The average molecular weight is 289 g/mol. The van der Waals surface area contributed by atoms with Gasteiger partial charge in [0.05, 0.1) is 28.6 Å². The Labute approximate surface area is 122 Å². The summed E-state index contributed by atoms with van der Waals surface area (Å²) in [4.78, 5) is 0.688. The number of rotatable bonds is 4. The minimum absolute atomic E-state index is 0.401. The third kappa shape index (κ3) is 3.20. The summed E-state index contributed by atoms with van der Waals surface area (Å²) in [5.41, 5.74) is 9.60. The Bertz CT molecular complexity index is 653. The number of anilines is 1. The van der Waals surface area contributed by atoms with Gasteiger partial charge >= 0.3 is 0 Å². The number of nitrogen functional groups attached to an aromatic ring is 1. The summed E-state index contributed by atoms with van der Waals surface area (Å²) in [6, 6.07) is 11.5. The van der Waals surface area contributed by atoms with Crippen LogP contribution < -0.4 is 10.5 Å². The SMILES string of the molecule is COc1ccc(C)cc1CS(=O)c1cc(C)ccc1N. The van der Waals surface area contributed by atoms with E-state index < -0.39 is 10.8 Å². The first kappa shape index (κ1) is 14.6. The molecule has 0 saturated carbocycles. The smallest absolute Gasteiger partial charge is 0.123 e. The van der Waals surface area contributed by atoms with Crippen molar-refractivity contribution in [2.24, 2.45) is 0 Å². The minimum Gasteiger partial charge on any atom is -0.496 e. The maximum atomic E-state index is 12.5. The molecule has 2 rings (SSSR count). The number of ether oxygens (including phenoxy) is 1. The molecule has 0 saturated heterocycles. The van der Waals surface area contributed by atoms with Gasteiger partial charge in [0.15, 0.2) is 0 Å². The molecule has 2 N–H and O–H groups in total. The quantitative estimate of drug-likeness (QED) is 0.879. The molecule has 0 fully saturated rings. The number of hydrogen-bond donors (Lipinski definition) is 1. The monoisotopic (exact) mass is 289 g/mol. The molecule has 1 unspecified atom stereocenters. The van der Waals surface area contributed by atoms with Crippen molar-refractivity contribution in [1.82, 2.24) is 0 Å². The van der Waals surface area contributed by atoms with Crippen molar-refractivity contribution in [3.63, 3.8) is 0 Å². The van der Waals surface area contributed by atoms with Crippen LogP contribution in [0.5, 0.6) is 5.75 Å². The topological polar surface area (TPSA) is 52.3 Å². The maximum Gasteiger partial charge on any atom is 0.123 e. The van der Waals surface area contributed by atoms with Crippen LogP contribution in [0.25, 0.3) is 0 Å². The molecule has 2 aromatic rings. The van der Waals surface area contributed by atoms with E-state index in [4.69, 9.17) is 10.5 Å². The lowest BCUT2D eigenvalue weighted by Gasteiger charge is -2.11. The summed E-state index contributed by atoms with van der Waals surface area (Å²) in [6.07, 6.45) is 0. The Morgan fingerprint density at radius 2 is 1.75 bits per heavy atom. The summed E-state index contributed by atoms with van der Waals surface area (Å²) < 4.78 is 17.9. The molecule has 0 aliphatic heterocycles. The van der Waals surface area contributed by atoms with E-state index in [9.17, 15) is 4.21 Å². The van der Waals surface area contributed by atoms with Gasteiger partial charge in [-0.05, 0) is 37.6 Å². The van der Waals surface area contributed by atoms with Gasteiger partial charge in [-0.25, -0.2) is 0 Å². The Morgan fingerprint density at radius 1 is 1.10 bits per heavy atom. The van der Waals surface area contributed by atoms with Crippen LogP contribution in [0, 0.1) is 13.8 Å². The van der Waals surface area contributed by atoms with Crippen LogP contribution >= 0.6 is 0 Å². The van der Waals surface area contributed by atoms with Crippen LogP contribution in [-0.2, 0) is 16.6 Å². The second kappa shape index (κ2) is 6.09. The molecule has 106 valence electrons. The van der Waals surface area contributed by atoms with Crippen LogP contribution in [0.4, 0.5) is 5.69 Å². The fourth-order valence-corrected chi connectivity index (χ4v) is 3.39. The minimum atomic E-state index is -1.18. The van der Waals surface area contributed by atoms with E-state index in [2.05, 4.69) is 0 Å². The van der Waals surface area contributed by atoms with Crippen LogP contribution in [0.15, 0.2) is 41.3 Å². The second-order valence-corrected chi connectivity index (χ2v) is 6.27. The Hall–Kier alpha value is -1.81. The molecule has 4 heteroatoms. The van der Waals surface area contributed by atoms with Gasteiger partial charge in [-0.3, -0.25) is 4.21 Å². The molecule has 3 nitrogen and oxygen atoms in total. The van der Waals surface area contributed by atoms with E-state index in [0.717, 1.165) is 22.4 Å². The van der Waals surface area contributed by atoms with Gasteiger partial charge in [0.25, 0.3) is 0 Å². The zero-order valence-electron chi connectivity index (χ0n) is 12.0. The third-order valence-corrected chi connectivity index (χ3v) is 4.55. The van der Waals surface area contributed by atoms with Gasteiger partial charge in [-0.2, -0.15) is 0 Å². The van der Waals surface area contributed by atoms with Crippen LogP contribution in [0.3, 0.4) is 0 Å². The molecule has 0 spiro atoms. The van der Waals surface area contributed by atoms with E-state index in [1.54, 1.807) is 13.2 Å². The maximum absolute atomic E-state index is 12.5. The standard InChI is InChI=1S/C16H19NO2S/c1-11-5-7-15(19-3)13(8-11)10-20(18)16-9-12(2)4-6-14(16)17/h4-9H,10,17H2,1-3H3. The van der Waals surface area contributed by atoms with Gasteiger partial charge in [0.2, 0.25) is 0 Å². The van der Waals surface area contributed by atoms with E-state index in [0.29, 0.717) is 16.3 Å². The Balaban J connectivity index is 2.32. The molecule has 1 atom stereocenters. The summed E-state index contributed by atoms with van der Waals surface area (Å²) in [5, 5.41) is 0. The fraction of sp³-hybridized carbons (Fsp3) is 0.250. The largest absolute Gasteiger partial charge is 0.496 e. The number of aryl methyl sites for hydroxylation is 2. The molecule has 0 radical (unpaired) electrons. The van der Waals surface area contributed by atoms with Crippen molar-refractivity contribution in [1.29, 1.82) is 0 Å². The molecule has 0 aliphatic carbocycles. The first-order valence-corrected chi connectivity index (χ1v) is 7.71. The van der Waals surface area contributed by atoms with E-state index in [1.807, 2.05) is 44.2 Å². The lowest BCUT2D eigenvalue weighted by Crippen LogP contribution is -2.03. The zero-order valence-corrected chi connectivity index (χ0v) is 12.8. The van der Waals surface area contributed by atoms with Gasteiger partial charge in [0.1, 0.15) is 5.75 Å². The third-order valence-electron chi connectivity index (χ3n) is 3.14. The molecule has 0 amide bonds. The predicted molar refractivity (Wildman–Crippen MR) is 83.4 cm³/mol. The summed E-state index contributed by atoms with van der Waals surface area (Å²) in [6.45, 7) is 3.97. The van der Waals surface area contributed by atoms with Gasteiger partial charge in [0, 0.05) is 11.3 Å². The molecule has 0 heterocycles. The highest BCUT2D eigenvalue weighted by Crippen LogP contribution is 2.25. The molecule has 0 aliphatic rings. The van der Waals surface area contributed by atoms with Crippen LogP contribution in [0.2, 0.25) is 0 Å². The van der Waals surface area contributed by atoms with Crippen molar-refractivity contribution < 1.29 is 8.95 Å². The first-order valence-electron chi connectivity index (χ1n) is 6.39. The molecule has 20 heavy (non-hydrogen) atoms. The molecule has 0 aromatic heterocycles. The fourth-order valence-electron chi connectivity index (χ4n) is 2.08. The first-order chi connectivity index (χ1) is 9.51. The van der Waals surface area contributed by atoms with Gasteiger partial charge < -0.3 is 10.5 Å². The van der Waals surface area contributed by atoms with Crippen molar-refractivity contribution in [2.75, 3.05) is 12.8 Å². The Kier molecular flexibility index (Phi) is 4.45. The van der Waals surface area contributed by atoms with Crippen molar-refractivity contribution in [3.05, 3.63) is 53.1 Å². The molecule has 0 bridgehead atoms. The normalized spacial score (nSPS) is 12.2. The summed E-state index contributed by atoms with van der Waals surface area (Å²) in [5.74, 6) is 1.16. The van der Waals surface area contributed by atoms with Gasteiger partial charge in [-0.1, -0.05) is 23.8 Å². The molecular formula is C16H19NO2S. The number of nitrogens with two attached hydrogens (primary N) is 1. The van der Waals surface area contributed by atoms with E-state index >= 15 is 0 Å². The van der Waals surface area contributed by atoms with Crippen molar-refractivity contribution >= 4 is 16.5 Å². The lowest BCUT2D eigenvalue weighted by atomic mass is 10.1. The summed E-state index contributed by atoms with van der Waals surface area (Å²) >= 11 is 0. The second-order valence-electron chi connectivity index (χ2n) is 4.85. The van der Waals surface area contributed by atoms with Crippen LogP contribution in [0.1, 0.15) is 16.7 Å². The summed E-state index contributed by atoms with van der Waals surface area (Å²) in [7, 11) is 0.442. The predicted octanol–water partition coefficient (Wildman–Crippen LogP) is 3.20. The lowest BCUT2D eigenvalue weighted by molar-refractivity contribution is 0.411. The van der Waals surface area contributed by atoms with E-state index in [-0.39, 0.29) is 0 Å². The molecule has 2 aromatic carbocycles. The highest BCUT2D eigenvalue weighted by molar-refractivity contribution is 7.84. The highest BCUT2D eigenvalue weighted by Gasteiger charge is 2.12. The number of benzene rings is 2. The van der Waals surface area contributed by atoms with Crippen molar-refractivity contribution in [2.45, 2.75) is 24.5 Å². The highest BCUT2D eigenvalue weighted by atomic mass is 32.2. The zero-order chi connectivity index (χ0) is 14.7. The van der Waals surface area contributed by atoms with E-state index in [1.165, 1.54) is 0 Å².